The third-order valence-electron chi connectivity index (χ3n) is 5.33. The van der Waals surface area contributed by atoms with Gasteiger partial charge in [-0.2, -0.15) is 8.42 Å². The molecule has 0 aliphatic carbocycles. The molecule has 33 heavy (non-hydrogen) atoms. The lowest BCUT2D eigenvalue weighted by Gasteiger charge is -2.17. The first-order valence-electron chi connectivity index (χ1n) is 10.5. The van der Waals surface area contributed by atoms with Gasteiger partial charge in [0.25, 0.3) is 15.9 Å². The Hall–Kier alpha value is -3.53. The Morgan fingerprint density at radius 3 is 2.76 bits per heavy atom. The number of rotatable bonds is 5. The molecule has 3 aromatic rings. The van der Waals surface area contributed by atoms with E-state index >= 15 is 0 Å². The number of amidine groups is 1. The molecule has 1 aliphatic heterocycles. The summed E-state index contributed by atoms with van der Waals surface area (Å²) in [6.07, 6.45) is 3.52. The molecule has 0 bridgehead atoms. The van der Waals surface area contributed by atoms with Gasteiger partial charge in [-0.1, -0.05) is 29.8 Å². The zero-order chi connectivity index (χ0) is 23.4. The lowest BCUT2D eigenvalue weighted by Crippen LogP contribution is -2.26. The number of carbonyl (C=O) groups excluding carboxylic acids is 1. The lowest BCUT2D eigenvalue weighted by molar-refractivity contribution is 0.101. The molecule has 172 valence electrons. The monoisotopic (exact) mass is 470 g/mol. The maximum absolute atomic E-state index is 13.9. The molecule has 1 fully saturated rings. The van der Waals surface area contributed by atoms with Crippen molar-refractivity contribution in [3.63, 3.8) is 0 Å². The number of nitrogens with zero attached hydrogens (tertiary/aromatic N) is 3. The highest BCUT2D eigenvalue weighted by Gasteiger charge is 2.20. The number of amides is 1. The average Bonchev–Trinajstić information content (AvgIpc) is 3.20. The number of likely N-dealkylation sites (tertiary alicyclic amines) is 1. The highest BCUT2D eigenvalue weighted by molar-refractivity contribution is 7.90. The van der Waals surface area contributed by atoms with Crippen LogP contribution in [0.25, 0.3) is 11.3 Å². The van der Waals surface area contributed by atoms with Gasteiger partial charge < -0.3 is 14.7 Å². The van der Waals surface area contributed by atoms with Gasteiger partial charge in [-0.05, 0) is 43.2 Å². The first-order valence-corrected chi connectivity index (χ1v) is 12.0. The molecular formula is C23H23FN4O4S. The van der Waals surface area contributed by atoms with E-state index in [2.05, 4.69) is 14.9 Å². The minimum atomic E-state index is -3.95. The average molecular weight is 471 g/mol. The third-order valence-corrected chi connectivity index (χ3v) is 6.63. The summed E-state index contributed by atoms with van der Waals surface area (Å²) in [5, 5.41) is 6.29. The molecule has 1 aliphatic rings. The Labute approximate surface area is 191 Å². The van der Waals surface area contributed by atoms with Crippen molar-refractivity contribution >= 4 is 27.5 Å². The van der Waals surface area contributed by atoms with Crippen LogP contribution in [0.2, 0.25) is 0 Å². The van der Waals surface area contributed by atoms with Crippen LogP contribution >= 0.6 is 0 Å². The number of aromatic nitrogens is 1. The third kappa shape index (κ3) is 5.28. The molecule has 0 saturated carbocycles. The second-order valence-electron chi connectivity index (χ2n) is 7.75. The smallest absolute Gasteiger partial charge is 0.284 e. The first-order chi connectivity index (χ1) is 15.8. The van der Waals surface area contributed by atoms with E-state index in [9.17, 15) is 17.6 Å². The van der Waals surface area contributed by atoms with E-state index in [1.807, 2.05) is 11.9 Å². The largest absolute Gasteiger partial charge is 0.362 e. The fourth-order valence-corrected chi connectivity index (χ4v) is 4.68. The van der Waals surface area contributed by atoms with Crippen LogP contribution in [0.1, 0.15) is 36.2 Å². The second kappa shape index (κ2) is 9.53. The van der Waals surface area contributed by atoms with E-state index in [-0.39, 0.29) is 27.6 Å². The standard InChI is InChI=1S/C23H23FN4O4S/c1-28-13-6-2-3-12-22(28)27-33(30,31)17-9-7-8-16(14-17)25-23(29)20-15-21(32-26-20)18-10-4-5-11-19(18)24/h4-5,7-11,14-15H,2-3,6,12-13H2,1H3,(H,25,29)/b27-22+. The fourth-order valence-electron chi connectivity index (χ4n) is 3.54. The van der Waals surface area contributed by atoms with Gasteiger partial charge >= 0.3 is 0 Å². The van der Waals surface area contributed by atoms with Gasteiger partial charge in [0.05, 0.1) is 10.5 Å². The fraction of sp³-hybridized carbons (Fsp3) is 0.261. The minimum absolute atomic E-state index is 0.0300. The molecule has 0 unspecified atom stereocenters. The van der Waals surface area contributed by atoms with Crippen molar-refractivity contribution in [1.82, 2.24) is 10.1 Å². The molecule has 1 amide bonds. The molecule has 1 saturated heterocycles. The molecule has 0 radical (unpaired) electrons. The summed E-state index contributed by atoms with van der Waals surface area (Å²) in [5.74, 6) is -0.478. The molecule has 8 nitrogen and oxygen atoms in total. The number of hydrogen-bond donors (Lipinski definition) is 1. The van der Waals surface area contributed by atoms with Crippen molar-refractivity contribution in [3.05, 3.63) is 66.1 Å². The van der Waals surface area contributed by atoms with Gasteiger partial charge in [0.15, 0.2) is 11.5 Å². The summed E-state index contributed by atoms with van der Waals surface area (Å²) < 4.78 is 48.8. The summed E-state index contributed by atoms with van der Waals surface area (Å²) in [5.41, 5.74) is 0.368. The SMILES string of the molecule is CN1CCCCC/C1=N\S(=O)(=O)c1cccc(NC(=O)c2cc(-c3ccccc3F)on2)c1. The van der Waals surface area contributed by atoms with E-state index < -0.39 is 21.7 Å². The zero-order valence-corrected chi connectivity index (χ0v) is 18.8. The molecule has 0 atom stereocenters. The topological polar surface area (TPSA) is 105 Å². The van der Waals surface area contributed by atoms with Crippen LogP contribution in [0.3, 0.4) is 0 Å². The van der Waals surface area contributed by atoms with Crippen LogP contribution in [-0.4, -0.2) is 43.8 Å². The van der Waals surface area contributed by atoms with E-state index in [0.29, 0.717) is 12.3 Å². The van der Waals surface area contributed by atoms with E-state index in [0.717, 1.165) is 25.8 Å². The van der Waals surface area contributed by atoms with Crippen LogP contribution in [-0.2, 0) is 10.0 Å². The van der Waals surface area contributed by atoms with Gasteiger partial charge in [-0.15, -0.1) is 4.40 Å². The Bertz CT molecular complexity index is 1300. The first kappa shape index (κ1) is 22.7. The lowest BCUT2D eigenvalue weighted by atomic mass is 10.1. The quantitative estimate of drug-likeness (QED) is 0.595. The molecular weight excluding hydrogens is 447 g/mol. The summed E-state index contributed by atoms with van der Waals surface area (Å²) >= 11 is 0. The summed E-state index contributed by atoms with van der Waals surface area (Å²) in [4.78, 5) is 14.4. The Balaban J connectivity index is 1.53. The van der Waals surface area contributed by atoms with Crippen LogP contribution < -0.4 is 5.32 Å². The number of carbonyl (C=O) groups is 1. The summed E-state index contributed by atoms with van der Waals surface area (Å²) in [6.45, 7) is 0.761. The molecule has 1 aromatic heterocycles. The Morgan fingerprint density at radius 1 is 1.12 bits per heavy atom. The van der Waals surface area contributed by atoms with Gasteiger partial charge in [0.1, 0.15) is 11.7 Å². The van der Waals surface area contributed by atoms with Crippen molar-refractivity contribution < 1.29 is 22.1 Å². The van der Waals surface area contributed by atoms with Gasteiger partial charge in [0.2, 0.25) is 0 Å². The molecule has 4 rings (SSSR count). The van der Waals surface area contributed by atoms with E-state index in [1.54, 1.807) is 18.2 Å². The van der Waals surface area contributed by atoms with Gasteiger partial charge in [0, 0.05) is 31.8 Å². The number of hydrogen-bond acceptors (Lipinski definition) is 5. The second-order valence-corrected chi connectivity index (χ2v) is 9.36. The van der Waals surface area contributed by atoms with E-state index in [1.165, 1.54) is 36.4 Å². The Morgan fingerprint density at radius 2 is 1.94 bits per heavy atom. The minimum Gasteiger partial charge on any atom is -0.362 e. The van der Waals surface area contributed by atoms with Gasteiger partial charge in [-0.3, -0.25) is 4.79 Å². The van der Waals surface area contributed by atoms with Crippen LogP contribution in [0.15, 0.2) is 68.4 Å². The highest BCUT2D eigenvalue weighted by atomic mass is 32.2. The zero-order valence-electron chi connectivity index (χ0n) is 18.0. The van der Waals surface area contributed by atoms with Crippen LogP contribution in [0.5, 0.6) is 0 Å². The number of anilines is 1. The predicted molar refractivity (Wildman–Crippen MR) is 122 cm³/mol. The Kier molecular flexibility index (Phi) is 6.55. The maximum Gasteiger partial charge on any atom is 0.284 e. The number of sulfonamides is 1. The van der Waals surface area contributed by atoms with Crippen molar-refractivity contribution in [3.8, 4) is 11.3 Å². The molecule has 0 spiro atoms. The molecule has 10 heteroatoms. The summed E-state index contributed by atoms with van der Waals surface area (Å²) in [6, 6.07) is 13.1. The van der Waals surface area contributed by atoms with E-state index in [4.69, 9.17) is 4.52 Å². The number of halogens is 1. The molecule has 1 N–H and O–H groups in total. The summed E-state index contributed by atoms with van der Waals surface area (Å²) in [7, 11) is -2.11. The van der Waals surface area contributed by atoms with Crippen molar-refractivity contribution in [2.75, 3.05) is 18.9 Å². The van der Waals surface area contributed by atoms with Crippen LogP contribution in [0, 0.1) is 5.82 Å². The van der Waals surface area contributed by atoms with Crippen molar-refractivity contribution in [2.24, 2.45) is 4.40 Å². The molecule has 2 heterocycles. The number of benzene rings is 2. The highest BCUT2D eigenvalue weighted by Crippen LogP contribution is 2.24. The van der Waals surface area contributed by atoms with Crippen molar-refractivity contribution in [1.29, 1.82) is 0 Å². The molecule has 2 aromatic carbocycles. The number of nitrogens with one attached hydrogen (secondary N) is 1. The predicted octanol–water partition coefficient (Wildman–Crippen LogP) is 4.33. The normalized spacial score (nSPS) is 15.9. The maximum atomic E-state index is 13.9. The van der Waals surface area contributed by atoms with Crippen molar-refractivity contribution in [2.45, 2.75) is 30.6 Å². The van der Waals surface area contributed by atoms with Gasteiger partial charge in [-0.25, -0.2) is 4.39 Å². The van der Waals surface area contributed by atoms with Crippen LogP contribution in [0.4, 0.5) is 10.1 Å².